The molecule has 3 aliphatic carbocycles. The number of nitrogens with zero attached hydrogens (tertiary/aromatic N) is 3. The molecule has 3 saturated carbocycles. The number of urea groups is 1. The van der Waals surface area contributed by atoms with Crippen molar-refractivity contribution in [3.05, 3.63) is 70.0 Å². The second kappa shape index (κ2) is 10.4. The van der Waals surface area contributed by atoms with Gasteiger partial charge in [0.05, 0.1) is 28.6 Å². The molecule has 0 aromatic heterocycles. The fourth-order valence-electron chi connectivity index (χ4n) is 7.17. The summed E-state index contributed by atoms with van der Waals surface area (Å²) in [5, 5.41) is 9.47. The predicted molar refractivity (Wildman–Crippen MR) is 141 cm³/mol. The zero-order chi connectivity index (χ0) is 31.7. The lowest BCUT2D eigenvalue weighted by Gasteiger charge is -2.69. The molecule has 1 N–H and O–H groups in total. The molecule has 2 aromatic rings. The summed E-state index contributed by atoms with van der Waals surface area (Å²) < 4.78 is 94.9. The van der Waals surface area contributed by atoms with E-state index < -0.39 is 58.8 Å². The first kappa shape index (κ1) is 31.1. The Balaban J connectivity index is 1.40. The van der Waals surface area contributed by atoms with E-state index in [-0.39, 0.29) is 23.6 Å². The molecule has 6 rings (SSSR count). The third-order valence-corrected chi connectivity index (χ3v) is 9.43. The van der Waals surface area contributed by atoms with Crippen LogP contribution in [0.1, 0.15) is 66.1 Å². The molecule has 234 valence electrons. The summed E-state index contributed by atoms with van der Waals surface area (Å²) in [7, 11) is 1.33. The number of carbonyl (C=O) groups excluding carboxylic acids is 1. The number of hydrogen-bond donors (Lipinski definition) is 1. The van der Waals surface area contributed by atoms with Crippen LogP contribution in [0.4, 0.5) is 35.5 Å². The van der Waals surface area contributed by atoms with Crippen molar-refractivity contribution < 1.29 is 45.4 Å². The van der Waals surface area contributed by atoms with E-state index in [1.807, 2.05) is 0 Å². The molecule has 0 spiro atoms. The van der Waals surface area contributed by atoms with E-state index in [0.717, 1.165) is 4.90 Å². The van der Waals surface area contributed by atoms with Crippen LogP contribution in [0, 0.1) is 23.6 Å². The lowest BCUT2D eigenvalue weighted by Crippen LogP contribution is -2.69. The molecule has 0 radical (unpaired) electrons. The minimum Gasteiger partial charge on any atom is -0.481 e. The average Bonchev–Trinajstić information content (AvgIpc) is 2.87. The number of rotatable bonds is 6. The van der Waals surface area contributed by atoms with Crippen molar-refractivity contribution in [3.63, 3.8) is 0 Å². The van der Waals surface area contributed by atoms with Crippen molar-refractivity contribution >= 4 is 12.0 Å². The van der Waals surface area contributed by atoms with Crippen LogP contribution in [-0.4, -0.2) is 65.0 Å². The normalized spacial score (nSPS) is 26.4. The van der Waals surface area contributed by atoms with E-state index in [1.165, 1.54) is 31.0 Å². The van der Waals surface area contributed by atoms with Crippen molar-refractivity contribution in [2.75, 3.05) is 33.2 Å². The predicted octanol–water partition coefficient (Wildman–Crippen LogP) is 6.90. The van der Waals surface area contributed by atoms with Crippen LogP contribution >= 0.6 is 0 Å². The standard InChI is InChI=1S/C30H32F7N3O3/c1-17-8-22(31)4-5-23(17)24-12-39(16-27-13-28(14-27,15-27)25(41)42)6-7-40(24)26(43)38(3)18(2)19-9-20(29(32,33)34)11-21(10-19)30(35,36)37/h4-5,8-11,18,24H,6-7,12-16H2,1-3H3,(H,41,42)/t18-,24-,27?,28?/m1/s1. The molecule has 0 unspecified atom stereocenters. The van der Waals surface area contributed by atoms with Gasteiger partial charge in [0.2, 0.25) is 0 Å². The lowest BCUT2D eigenvalue weighted by molar-refractivity contribution is -0.229. The first-order chi connectivity index (χ1) is 19.8. The highest BCUT2D eigenvalue weighted by atomic mass is 19.4. The lowest BCUT2D eigenvalue weighted by atomic mass is 9.35. The van der Waals surface area contributed by atoms with Crippen LogP contribution < -0.4 is 0 Å². The average molecular weight is 616 g/mol. The SMILES string of the molecule is Cc1cc(F)ccc1[C@H]1CN(CC23CC(C(=O)O)(C2)C3)CCN1C(=O)N(C)[C@H](C)c1cc(C(F)(F)F)cc(C(F)(F)F)c1. The number of halogens is 7. The van der Waals surface area contributed by atoms with Crippen molar-refractivity contribution in [2.24, 2.45) is 10.8 Å². The van der Waals surface area contributed by atoms with Crippen LogP contribution in [0.25, 0.3) is 0 Å². The third-order valence-electron chi connectivity index (χ3n) is 9.43. The van der Waals surface area contributed by atoms with Crippen molar-refractivity contribution in [1.29, 1.82) is 0 Å². The van der Waals surface area contributed by atoms with Crippen molar-refractivity contribution in [1.82, 2.24) is 14.7 Å². The van der Waals surface area contributed by atoms with E-state index in [4.69, 9.17) is 0 Å². The number of carbonyl (C=O) groups is 2. The Hall–Kier alpha value is -3.35. The molecular formula is C30H32F7N3O3. The number of alkyl halides is 6. The van der Waals surface area contributed by atoms with Gasteiger partial charge in [0.15, 0.2) is 0 Å². The number of aryl methyl sites for hydroxylation is 1. The monoisotopic (exact) mass is 615 g/mol. The quantitative estimate of drug-likeness (QED) is 0.360. The van der Waals surface area contributed by atoms with Gasteiger partial charge in [-0.25, -0.2) is 9.18 Å². The maximum atomic E-state index is 14.0. The van der Waals surface area contributed by atoms with Crippen LogP contribution in [0.15, 0.2) is 36.4 Å². The molecule has 2 amide bonds. The maximum Gasteiger partial charge on any atom is 0.416 e. The number of aliphatic carboxylic acids is 1. The Labute approximate surface area is 244 Å². The van der Waals surface area contributed by atoms with Crippen LogP contribution in [0.5, 0.6) is 0 Å². The van der Waals surface area contributed by atoms with Gasteiger partial charge in [-0.2, -0.15) is 26.3 Å². The van der Waals surface area contributed by atoms with E-state index in [9.17, 15) is 45.4 Å². The maximum absolute atomic E-state index is 14.0. The molecule has 43 heavy (non-hydrogen) atoms. The first-order valence-corrected chi connectivity index (χ1v) is 13.9. The van der Waals surface area contributed by atoms with Gasteiger partial charge < -0.3 is 14.9 Å². The molecule has 6 nitrogen and oxygen atoms in total. The minimum atomic E-state index is -5.02. The number of piperazine rings is 1. The van der Waals surface area contributed by atoms with E-state index in [1.54, 1.807) is 13.0 Å². The summed E-state index contributed by atoms with van der Waals surface area (Å²) in [6, 6.07) is 3.16. The van der Waals surface area contributed by atoms with Gasteiger partial charge in [0.25, 0.3) is 0 Å². The zero-order valence-electron chi connectivity index (χ0n) is 23.8. The summed E-state index contributed by atoms with van der Waals surface area (Å²) >= 11 is 0. The Morgan fingerprint density at radius 1 is 1.00 bits per heavy atom. The van der Waals surface area contributed by atoms with Gasteiger partial charge in [-0.15, -0.1) is 0 Å². The molecule has 1 heterocycles. The third kappa shape index (κ3) is 5.67. The number of amides is 2. The van der Waals surface area contributed by atoms with Gasteiger partial charge in [-0.1, -0.05) is 6.07 Å². The largest absolute Gasteiger partial charge is 0.481 e. The summed E-state index contributed by atoms with van der Waals surface area (Å²) in [6.07, 6.45) is -8.28. The Morgan fingerprint density at radius 2 is 1.58 bits per heavy atom. The van der Waals surface area contributed by atoms with Crippen LogP contribution in [0.3, 0.4) is 0 Å². The highest BCUT2D eigenvalue weighted by molar-refractivity contribution is 5.79. The van der Waals surface area contributed by atoms with Gasteiger partial charge in [-0.3, -0.25) is 9.69 Å². The second-order valence-corrected chi connectivity index (χ2v) is 12.5. The highest BCUT2D eigenvalue weighted by Crippen LogP contribution is 2.73. The Bertz CT molecular complexity index is 1390. The van der Waals surface area contributed by atoms with E-state index in [0.29, 0.717) is 62.2 Å². The van der Waals surface area contributed by atoms with Crippen molar-refractivity contribution in [3.8, 4) is 0 Å². The van der Waals surface area contributed by atoms with E-state index >= 15 is 0 Å². The fraction of sp³-hybridized carbons (Fsp3) is 0.533. The minimum absolute atomic E-state index is 0.0504. The molecule has 13 heteroatoms. The fourth-order valence-corrected chi connectivity index (χ4v) is 7.17. The molecule has 1 saturated heterocycles. The van der Waals surface area contributed by atoms with Crippen LogP contribution in [-0.2, 0) is 17.1 Å². The molecule has 2 atom stereocenters. The van der Waals surface area contributed by atoms with E-state index in [2.05, 4.69) is 4.90 Å². The van der Waals surface area contributed by atoms with Crippen LogP contribution in [0.2, 0.25) is 0 Å². The Kier molecular flexibility index (Phi) is 7.50. The number of benzene rings is 2. The molecule has 1 aliphatic heterocycles. The molecule has 2 bridgehead atoms. The zero-order valence-corrected chi connectivity index (χ0v) is 23.8. The van der Waals surface area contributed by atoms with Gasteiger partial charge in [0, 0.05) is 33.2 Å². The number of carboxylic acids is 1. The molecule has 2 aromatic carbocycles. The van der Waals surface area contributed by atoms with Crippen molar-refractivity contribution in [2.45, 2.75) is 57.5 Å². The summed E-state index contributed by atoms with van der Waals surface area (Å²) in [4.78, 5) is 30.2. The van der Waals surface area contributed by atoms with Gasteiger partial charge >= 0.3 is 24.4 Å². The second-order valence-electron chi connectivity index (χ2n) is 12.5. The summed E-state index contributed by atoms with van der Waals surface area (Å²) in [5.41, 5.74) is -2.73. The highest BCUT2D eigenvalue weighted by Gasteiger charge is 2.71. The molecular weight excluding hydrogens is 583 g/mol. The Morgan fingerprint density at radius 3 is 2.09 bits per heavy atom. The topological polar surface area (TPSA) is 64.1 Å². The summed E-state index contributed by atoms with van der Waals surface area (Å²) in [5.74, 6) is -1.25. The van der Waals surface area contributed by atoms with Gasteiger partial charge in [0.1, 0.15) is 5.82 Å². The first-order valence-electron chi connectivity index (χ1n) is 13.9. The smallest absolute Gasteiger partial charge is 0.416 e. The molecule has 4 fully saturated rings. The number of hydrogen-bond acceptors (Lipinski definition) is 3. The molecule has 4 aliphatic rings. The van der Waals surface area contributed by atoms with Gasteiger partial charge in [-0.05, 0) is 85.5 Å². The number of carboxylic acid groups (broad SMARTS) is 1. The summed E-state index contributed by atoms with van der Waals surface area (Å²) in [6.45, 7) is 4.69.